The predicted octanol–water partition coefficient (Wildman–Crippen LogP) is 3.21. The third-order valence-electron chi connectivity index (χ3n) is 2.13. The smallest absolute Gasteiger partial charge is 0.151 e. The number of hydrogen-bond donors (Lipinski definition) is 1. The molecule has 0 amide bonds. The van der Waals surface area contributed by atoms with Crippen LogP contribution in [-0.4, -0.2) is 11.6 Å². The van der Waals surface area contributed by atoms with Crippen molar-refractivity contribution in [2.75, 3.05) is 12.3 Å². The molecule has 2 N–H and O–H groups in total. The molecule has 0 atom stereocenters. The Balaban J connectivity index is 2.20. The lowest BCUT2D eigenvalue weighted by Gasteiger charge is -2.08. The highest BCUT2D eigenvalue weighted by atomic mass is 32.2. The van der Waals surface area contributed by atoms with Crippen LogP contribution in [0, 0.1) is 0 Å². The first kappa shape index (κ1) is 11.8. The molecule has 0 saturated carbocycles. The highest BCUT2D eigenvalue weighted by Gasteiger charge is 2.05. The molecule has 17 heavy (non-hydrogen) atoms. The maximum Gasteiger partial charge on any atom is 0.151 e. The molecule has 0 bridgehead atoms. The minimum absolute atomic E-state index is 0.640. The number of pyridine rings is 1. The van der Waals surface area contributed by atoms with E-state index >= 15 is 0 Å². The van der Waals surface area contributed by atoms with Crippen LogP contribution in [-0.2, 0) is 0 Å². The summed E-state index contributed by atoms with van der Waals surface area (Å²) in [5.74, 6) is 0.817. The topological polar surface area (TPSA) is 48.1 Å². The van der Waals surface area contributed by atoms with Gasteiger partial charge in [-0.25, -0.2) is 4.98 Å². The lowest BCUT2D eigenvalue weighted by molar-refractivity contribution is 0.329. The molecule has 1 aromatic heterocycles. The highest BCUT2D eigenvalue weighted by Crippen LogP contribution is 2.33. The molecule has 0 saturated heterocycles. The van der Waals surface area contributed by atoms with Gasteiger partial charge in [0.1, 0.15) is 5.03 Å². The number of rotatable bonds is 4. The summed E-state index contributed by atoms with van der Waals surface area (Å²) < 4.78 is 5.52. The van der Waals surface area contributed by atoms with Crippen LogP contribution < -0.4 is 10.5 Å². The van der Waals surface area contributed by atoms with E-state index in [2.05, 4.69) is 4.98 Å². The number of aromatic nitrogens is 1. The minimum Gasteiger partial charge on any atom is -0.491 e. The molecule has 0 spiro atoms. The molecule has 1 heterocycles. The Morgan fingerprint density at radius 3 is 2.71 bits per heavy atom. The summed E-state index contributed by atoms with van der Waals surface area (Å²) in [5, 5.41) is 0.874. The van der Waals surface area contributed by atoms with Gasteiger partial charge < -0.3 is 10.5 Å². The molecule has 0 radical (unpaired) electrons. The van der Waals surface area contributed by atoms with Crippen molar-refractivity contribution in [3.05, 3.63) is 42.6 Å². The van der Waals surface area contributed by atoms with Crippen LogP contribution in [0.4, 0.5) is 5.69 Å². The fraction of sp³-hybridized carbons (Fsp3) is 0.154. The van der Waals surface area contributed by atoms with Gasteiger partial charge in [0.05, 0.1) is 6.61 Å². The van der Waals surface area contributed by atoms with E-state index in [1.807, 2.05) is 43.3 Å². The maximum absolute atomic E-state index is 5.65. The number of nitrogen functional groups attached to an aromatic ring is 1. The quantitative estimate of drug-likeness (QED) is 0.841. The van der Waals surface area contributed by atoms with Crippen LogP contribution in [0.5, 0.6) is 5.75 Å². The molecular weight excluding hydrogens is 232 g/mol. The standard InChI is InChI=1S/C13H14N2OS/c1-2-16-12-4-3-9-15-13(12)17-11-7-5-10(14)6-8-11/h3-9H,2,14H2,1H3. The van der Waals surface area contributed by atoms with Gasteiger partial charge in [-0.15, -0.1) is 0 Å². The SMILES string of the molecule is CCOc1cccnc1Sc1ccc(N)cc1. The molecule has 0 fully saturated rings. The fourth-order valence-electron chi connectivity index (χ4n) is 1.37. The number of hydrogen-bond acceptors (Lipinski definition) is 4. The van der Waals surface area contributed by atoms with Gasteiger partial charge in [-0.05, 0) is 43.3 Å². The van der Waals surface area contributed by atoms with E-state index in [4.69, 9.17) is 10.5 Å². The predicted molar refractivity (Wildman–Crippen MR) is 70.4 cm³/mol. The number of benzene rings is 1. The van der Waals surface area contributed by atoms with Crippen LogP contribution in [0.3, 0.4) is 0 Å². The number of anilines is 1. The Hall–Kier alpha value is -1.68. The fourth-order valence-corrected chi connectivity index (χ4v) is 2.20. The van der Waals surface area contributed by atoms with Crippen LogP contribution >= 0.6 is 11.8 Å². The Morgan fingerprint density at radius 2 is 2.00 bits per heavy atom. The molecule has 4 heteroatoms. The molecule has 0 aliphatic rings. The molecule has 0 aliphatic carbocycles. The summed E-state index contributed by atoms with van der Waals surface area (Å²) >= 11 is 1.57. The Bertz CT molecular complexity index is 485. The first-order valence-electron chi connectivity index (χ1n) is 5.41. The van der Waals surface area contributed by atoms with E-state index in [1.54, 1.807) is 18.0 Å². The third kappa shape index (κ3) is 3.14. The number of nitrogens with zero attached hydrogens (tertiary/aromatic N) is 1. The van der Waals surface area contributed by atoms with Crippen molar-refractivity contribution in [1.29, 1.82) is 0 Å². The Morgan fingerprint density at radius 1 is 1.24 bits per heavy atom. The minimum atomic E-state index is 0.640. The molecule has 2 rings (SSSR count). The summed E-state index contributed by atoms with van der Waals surface area (Å²) in [6.45, 7) is 2.60. The first-order chi connectivity index (χ1) is 8.29. The second kappa shape index (κ2) is 5.59. The van der Waals surface area contributed by atoms with Crippen molar-refractivity contribution in [2.45, 2.75) is 16.8 Å². The molecule has 0 unspecified atom stereocenters. The van der Waals surface area contributed by atoms with Crippen molar-refractivity contribution < 1.29 is 4.74 Å². The van der Waals surface area contributed by atoms with Gasteiger partial charge in [0.25, 0.3) is 0 Å². The highest BCUT2D eigenvalue weighted by molar-refractivity contribution is 7.99. The van der Waals surface area contributed by atoms with Crippen LogP contribution in [0.25, 0.3) is 0 Å². The van der Waals surface area contributed by atoms with Crippen molar-refractivity contribution in [1.82, 2.24) is 4.98 Å². The normalized spacial score (nSPS) is 10.2. The second-order valence-corrected chi connectivity index (χ2v) is 4.47. The first-order valence-corrected chi connectivity index (χ1v) is 6.22. The van der Waals surface area contributed by atoms with Gasteiger partial charge in [0, 0.05) is 16.8 Å². The molecule has 3 nitrogen and oxygen atoms in total. The van der Waals surface area contributed by atoms with Crippen LogP contribution in [0.1, 0.15) is 6.92 Å². The van der Waals surface area contributed by atoms with E-state index in [1.165, 1.54) is 0 Å². The summed E-state index contributed by atoms with van der Waals surface area (Å²) in [5.41, 5.74) is 6.41. The monoisotopic (exact) mass is 246 g/mol. The average Bonchev–Trinajstić information content (AvgIpc) is 2.35. The average molecular weight is 246 g/mol. The zero-order valence-corrected chi connectivity index (χ0v) is 10.4. The molecule has 0 aliphatic heterocycles. The Labute approximate surface area is 105 Å². The lowest BCUT2D eigenvalue weighted by atomic mass is 10.3. The van der Waals surface area contributed by atoms with Crippen LogP contribution in [0.2, 0.25) is 0 Å². The van der Waals surface area contributed by atoms with E-state index in [9.17, 15) is 0 Å². The van der Waals surface area contributed by atoms with Gasteiger partial charge in [-0.3, -0.25) is 0 Å². The van der Waals surface area contributed by atoms with Gasteiger partial charge in [-0.2, -0.15) is 0 Å². The zero-order chi connectivity index (χ0) is 12.1. The molecule has 2 aromatic rings. The number of nitrogens with two attached hydrogens (primary N) is 1. The Kier molecular flexibility index (Phi) is 3.88. The number of ether oxygens (including phenoxy) is 1. The van der Waals surface area contributed by atoms with Gasteiger partial charge >= 0.3 is 0 Å². The summed E-state index contributed by atoms with van der Waals surface area (Å²) in [6.07, 6.45) is 1.77. The van der Waals surface area contributed by atoms with E-state index in [-0.39, 0.29) is 0 Å². The van der Waals surface area contributed by atoms with Crippen LogP contribution in [0.15, 0.2) is 52.5 Å². The summed E-state index contributed by atoms with van der Waals surface area (Å²) in [4.78, 5) is 5.42. The second-order valence-electron chi connectivity index (χ2n) is 3.41. The maximum atomic E-state index is 5.65. The van der Waals surface area contributed by atoms with Crippen molar-refractivity contribution in [2.24, 2.45) is 0 Å². The summed E-state index contributed by atoms with van der Waals surface area (Å²) in [6, 6.07) is 11.5. The van der Waals surface area contributed by atoms with Gasteiger partial charge in [0.2, 0.25) is 0 Å². The van der Waals surface area contributed by atoms with Crippen molar-refractivity contribution >= 4 is 17.4 Å². The lowest BCUT2D eigenvalue weighted by Crippen LogP contribution is -1.94. The van der Waals surface area contributed by atoms with E-state index in [0.717, 1.165) is 21.4 Å². The third-order valence-corrected chi connectivity index (χ3v) is 3.14. The van der Waals surface area contributed by atoms with E-state index in [0.29, 0.717) is 6.61 Å². The van der Waals surface area contributed by atoms with Crippen molar-refractivity contribution in [3.63, 3.8) is 0 Å². The van der Waals surface area contributed by atoms with Gasteiger partial charge in [-0.1, -0.05) is 11.8 Å². The van der Waals surface area contributed by atoms with E-state index < -0.39 is 0 Å². The van der Waals surface area contributed by atoms with Crippen molar-refractivity contribution in [3.8, 4) is 5.75 Å². The zero-order valence-electron chi connectivity index (χ0n) is 9.59. The molecule has 1 aromatic carbocycles. The van der Waals surface area contributed by atoms with Gasteiger partial charge in [0.15, 0.2) is 5.75 Å². The largest absolute Gasteiger partial charge is 0.491 e. The summed E-state index contributed by atoms with van der Waals surface area (Å²) in [7, 11) is 0. The molecule has 88 valence electrons. The molecular formula is C13H14N2OS.